The van der Waals surface area contributed by atoms with Crippen molar-refractivity contribution in [1.82, 2.24) is 9.78 Å². The molecule has 0 amide bonds. The Hall–Kier alpha value is -1.34. The smallest absolute Gasteiger partial charge is 0.104 e. The van der Waals surface area contributed by atoms with E-state index in [0.717, 1.165) is 25.1 Å². The van der Waals surface area contributed by atoms with E-state index < -0.39 is 5.54 Å². The summed E-state index contributed by atoms with van der Waals surface area (Å²) in [6, 6.07) is 2.19. The highest BCUT2D eigenvalue weighted by atomic mass is 15.3. The van der Waals surface area contributed by atoms with Crippen LogP contribution in [-0.2, 0) is 6.54 Å². The van der Waals surface area contributed by atoms with E-state index in [4.69, 9.17) is 11.0 Å². The lowest BCUT2D eigenvalue weighted by Crippen LogP contribution is -2.37. The lowest BCUT2D eigenvalue weighted by molar-refractivity contribution is 0.431. The molecule has 2 N–H and O–H groups in total. The molecule has 4 heteroatoms. The Morgan fingerprint density at radius 2 is 2.06 bits per heavy atom. The van der Waals surface area contributed by atoms with E-state index in [1.807, 2.05) is 18.5 Å². The molecule has 0 aromatic carbocycles. The molecule has 0 saturated carbocycles. The summed E-state index contributed by atoms with van der Waals surface area (Å²) in [6.07, 6.45) is 2.30. The molecule has 4 nitrogen and oxygen atoms in total. The van der Waals surface area contributed by atoms with Crippen molar-refractivity contribution in [3.8, 4) is 6.07 Å². The second kappa shape index (κ2) is 5.33. The molecule has 1 aromatic rings. The van der Waals surface area contributed by atoms with Crippen LogP contribution in [0.15, 0.2) is 0 Å². The van der Waals surface area contributed by atoms with Gasteiger partial charge in [0.2, 0.25) is 0 Å². The van der Waals surface area contributed by atoms with Crippen LogP contribution in [0.4, 0.5) is 0 Å². The molecule has 1 heterocycles. The largest absolute Gasteiger partial charge is 0.313 e. The van der Waals surface area contributed by atoms with Gasteiger partial charge in [0.25, 0.3) is 0 Å². The van der Waals surface area contributed by atoms with Crippen LogP contribution < -0.4 is 5.73 Å². The summed E-state index contributed by atoms with van der Waals surface area (Å²) in [6.45, 7) is 8.98. The van der Waals surface area contributed by atoms with Crippen molar-refractivity contribution in [3.63, 3.8) is 0 Å². The molecule has 1 aromatic heterocycles. The van der Waals surface area contributed by atoms with Crippen molar-refractivity contribution >= 4 is 0 Å². The Morgan fingerprint density at radius 3 is 2.47 bits per heavy atom. The zero-order chi connectivity index (χ0) is 13.1. The van der Waals surface area contributed by atoms with Gasteiger partial charge in [0.05, 0.1) is 11.8 Å². The minimum Gasteiger partial charge on any atom is -0.313 e. The molecule has 1 atom stereocenters. The van der Waals surface area contributed by atoms with Gasteiger partial charge in [-0.3, -0.25) is 4.68 Å². The van der Waals surface area contributed by atoms with Crippen LogP contribution in [0.3, 0.4) is 0 Å². The quantitative estimate of drug-likeness (QED) is 0.849. The van der Waals surface area contributed by atoms with Crippen molar-refractivity contribution in [1.29, 1.82) is 5.26 Å². The summed E-state index contributed by atoms with van der Waals surface area (Å²) in [4.78, 5) is 0. The van der Waals surface area contributed by atoms with Crippen molar-refractivity contribution in [3.05, 3.63) is 17.0 Å². The van der Waals surface area contributed by atoms with Gasteiger partial charge < -0.3 is 5.73 Å². The van der Waals surface area contributed by atoms with Gasteiger partial charge >= 0.3 is 0 Å². The number of nitriles is 1. The first kappa shape index (κ1) is 13.7. The zero-order valence-corrected chi connectivity index (χ0v) is 11.2. The standard InChI is InChI=1S/C13H22N4/c1-5-13(15,9-14)7-6-8-17-12(4)10(2)11(3)16-17/h5-8,15H2,1-4H3. The van der Waals surface area contributed by atoms with Crippen molar-refractivity contribution < 1.29 is 0 Å². The molecule has 0 spiro atoms. The van der Waals surface area contributed by atoms with Crippen LogP contribution in [0.5, 0.6) is 0 Å². The molecule has 1 unspecified atom stereocenters. The molecule has 0 aliphatic carbocycles. The molecule has 94 valence electrons. The van der Waals surface area contributed by atoms with Crippen molar-refractivity contribution in [2.24, 2.45) is 5.73 Å². The zero-order valence-electron chi connectivity index (χ0n) is 11.2. The fraction of sp³-hybridized carbons (Fsp3) is 0.692. The molecule has 0 bridgehead atoms. The van der Waals surface area contributed by atoms with Gasteiger partial charge in [-0.25, -0.2) is 0 Å². The second-order valence-electron chi connectivity index (χ2n) is 4.74. The molecule has 0 aliphatic heterocycles. The monoisotopic (exact) mass is 234 g/mol. The highest BCUT2D eigenvalue weighted by molar-refractivity contribution is 5.22. The molecule has 0 radical (unpaired) electrons. The molecule has 0 aliphatic rings. The molecule has 17 heavy (non-hydrogen) atoms. The average Bonchev–Trinajstić information content (AvgIpc) is 2.57. The van der Waals surface area contributed by atoms with E-state index in [2.05, 4.69) is 25.0 Å². The van der Waals surface area contributed by atoms with Gasteiger partial charge in [-0.2, -0.15) is 10.4 Å². The predicted octanol–water partition coefficient (Wildman–Crippen LogP) is 2.22. The lowest BCUT2D eigenvalue weighted by atomic mass is 9.93. The number of aromatic nitrogens is 2. The summed E-state index contributed by atoms with van der Waals surface area (Å²) in [5.74, 6) is 0. The molecular weight excluding hydrogens is 212 g/mol. The first-order valence-corrected chi connectivity index (χ1v) is 6.14. The van der Waals surface area contributed by atoms with Gasteiger partial charge in [-0.15, -0.1) is 0 Å². The molecular formula is C13H22N4. The number of rotatable bonds is 5. The van der Waals surface area contributed by atoms with E-state index in [0.29, 0.717) is 6.42 Å². The van der Waals surface area contributed by atoms with Gasteiger partial charge in [0.15, 0.2) is 0 Å². The van der Waals surface area contributed by atoms with Crippen molar-refractivity contribution in [2.75, 3.05) is 0 Å². The van der Waals surface area contributed by atoms with Gasteiger partial charge in [0.1, 0.15) is 5.54 Å². The summed E-state index contributed by atoms with van der Waals surface area (Å²) in [5, 5.41) is 13.5. The normalized spacial score (nSPS) is 14.4. The number of hydrogen-bond donors (Lipinski definition) is 1. The van der Waals surface area contributed by atoms with Gasteiger partial charge in [-0.1, -0.05) is 6.92 Å². The Balaban J connectivity index is 2.58. The topological polar surface area (TPSA) is 67.6 Å². The first-order valence-electron chi connectivity index (χ1n) is 6.14. The Kier molecular flexibility index (Phi) is 4.30. The summed E-state index contributed by atoms with van der Waals surface area (Å²) in [5.41, 5.74) is 8.81. The van der Waals surface area contributed by atoms with Crippen LogP contribution in [0.1, 0.15) is 43.1 Å². The van der Waals surface area contributed by atoms with E-state index >= 15 is 0 Å². The van der Waals surface area contributed by atoms with Gasteiger partial charge in [-0.05, 0) is 45.6 Å². The molecule has 0 fully saturated rings. The number of aryl methyl sites for hydroxylation is 2. The fourth-order valence-corrected chi connectivity index (χ4v) is 1.86. The number of nitrogens with zero attached hydrogens (tertiary/aromatic N) is 3. The van der Waals surface area contributed by atoms with E-state index in [9.17, 15) is 0 Å². The average molecular weight is 234 g/mol. The van der Waals surface area contributed by atoms with E-state index in [1.165, 1.54) is 11.3 Å². The fourth-order valence-electron chi connectivity index (χ4n) is 1.86. The minimum atomic E-state index is -0.675. The van der Waals surface area contributed by atoms with Crippen LogP contribution >= 0.6 is 0 Å². The van der Waals surface area contributed by atoms with Crippen molar-refractivity contribution in [2.45, 2.75) is 59.0 Å². The summed E-state index contributed by atoms with van der Waals surface area (Å²) >= 11 is 0. The maximum atomic E-state index is 8.99. The Labute approximate surface area is 103 Å². The summed E-state index contributed by atoms with van der Waals surface area (Å²) in [7, 11) is 0. The van der Waals surface area contributed by atoms with Gasteiger partial charge in [0, 0.05) is 12.2 Å². The van der Waals surface area contributed by atoms with Crippen LogP contribution in [0.2, 0.25) is 0 Å². The number of nitrogens with two attached hydrogens (primary N) is 1. The highest BCUT2D eigenvalue weighted by Gasteiger charge is 2.21. The first-order chi connectivity index (χ1) is 7.93. The third-order valence-corrected chi connectivity index (χ3v) is 3.59. The summed E-state index contributed by atoms with van der Waals surface area (Å²) < 4.78 is 2.01. The van der Waals surface area contributed by atoms with Crippen LogP contribution in [-0.4, -0.2) is 15.3 Å². The highest BCUT2D eigenvalue weighted by Crippen LogP contribution is 2.16. The third kappa shape index (κ3) is 3.07. The SMILES string of the molecule is CCC(N)(C#N)CCCn1nc(C)c(C)c1C. The predicted molar refractivity (Wildman–Crippen MR) is 68.5 cm³/mol. The number of hydrogen-bond acceptors (Lipinski definition) is 3. The Morgan fingerprint density at radius 1 is 1.41 bits per heavy atom. The van der Waals surface area contributed by atoms with Crippen LogP contribution in [0, 0.1) is 32.1 Å². The molecule has 0 saturated heterocycles. The molecule has 1 rings (SSSR count). The third-order valence-electron chi connectivity index (χ3n) is 3.59. The second-order valence-corrected chi connectivity index (χ2v) is 4.74. The van der Waals surface area contributed by atoms with E-state index in [-0.39, 0.29) is 0 Å². The van der Waals surface area contributed by atoms with E-state index in [1.54, 1.807) is 0 Å². The maximum absolute atomic E-state index is 8.99. The maximum Gasteiger partial charge on any atom is 0.104 e. The van der Waals surface area contributed by atoms with Crippen LogP contribution in [0.25, 0.3) is 0 Å². The Bertz CT molecular complexity index is 427. The minimum absolute atomic E-state index is 0.675. The lowest BCUT2D eigenvalue weighted by Gasteiger charge is -2.19.